The third-order valence-corrected chi connectivity index (χ3v) is 3.97. The average Bonchev–Trinajstić information content (AvgIpc) is 2.89. The summed E-state index contributed by atoms with van der Waals surface area (Å²) in [5, 5.41) is 9.80. The van der Waals surface area contributed by atoms with E-state index in [-0.39, 0.29) is 18.2 Å². The van der Waals surface area contributed by atoms with E-state index < -0.39 is 0 Å². The van der Waals surface area contributed by atoms with Crippen LogP contribution in [-0.4, -0.2) is 17.3 Å². The summed E-state index contributed by atoms with van der Waals surface area (Å²) in [6, 6.07) is 6.25. The number of fused-ring (bicyclic) bond motifs is 1. The van der Waals surface area contributed by atoms with E-state index in [0.29, 0.717) is 0 Å². The average molecular weight is 233 g/mol. The molecule has 0 aromatic heterocycles. The van der Waals surface area contributed by atoms with Crippen molar-refractivity contribution in [3.05, 3.63) is 29.3 Å². The zero-order chi connectivity index (χ0) is 11.8. The molecule has 0 spiro atoms. The molecule has 0 bridgehead atoms. The molecule has 3 nitrogen and oxygen atoms in total. The Balaban J connectivity index is 1.84. The van der Waals surface area contributed by atoms with Gasteiger partial charge in [0.1, 0.15) is 11.9 Å². The maximum absolute atomic E-state index is 9.80. The van der Waals surface area contributed by atoms with Crippen LogP contribution in [0, 0.1) is 0 Å². The number of aliphatic hydroxyl groups excluding tert-OH is 1. The number of hydrogen-bond acceptors (Lipinski definition) is 3. The van der Waals surface area contributed by atoms with E-state index in [9.17, 15) is 5.11 Å². The van der Waals surface area contributed by atoms with Crippen LogP contribution in [0.25, 0.3) is 0 Å². The number of ether oxygens (including phenoxy) is 1. The molecular weight excluding hydrogens is 214 g/mol. The summed E-state index contributed by atoms with van der Waals surface area (Å²) in [5.41, 5.74) is 8.51. The highest BCUT2D eigenvalue weighted by molar-refractivity contribution is 5.45. The molecule has 17 heavy (non-hydrogen) atoms. The highest BCUT2D eigenvalue weighted by Gasteiger charge is 2.29. The van der Waals surface area contributed by atoms with Crippen LogP contribution in [0.1, 0.15) is 42.9 Å². The fourth-order valence-corrected chi connectivity index (χ4v) is 2.97. The quantitative estimate of drug-likeness (QED) is 0.820. The molecule has 0 heterocycles. The van der Waals surface area contributed by atoms with E-state index in [1.165, 1.54) is 11.1 Å². The van der Waals surface area contributed by atoms with Gasteiger partial charge in [0.05, 0.1) is 6.10 Å². The van der Waals surface area contributed by atoms with Gasteiger partial charge in [0, 0.05) is 6.04 Å². The second kappa shape index (κ2) is 4.31. The molecule has 3 rings (SSSR count). The van der Waals surface area contributed by atoms with Crippen molar-refractivity contribution >= 4 is 0 Å². The molecule has 92 valence electrons. The van der Waals surface area contributed by atoms with Crippen LogP contribution in [0.4, 0.5) is 0 Å². The standard InChI is InChI=1S/C14H19NO2/c15-11-8-7-10-9(11)3-1-5-13(10)17-14-6-2-4-12(14)16/h1,3,5,11-12,14,16H,2,4,6-8,15H2. The summed E-state index contributed by atoms with van der Waals surface area (Å²) in [7, 11) is 0. The molecule has 1 fully saturated rings. The van der Waals surface area contributed by atoms with Gasteiger partial charge < -0.3 is 15.6 Å². The molecule has 2 aliphatic rings. The lowest BCUT2D eigenvalue weighted by molar-refractivity contribution is 0.0598. The second-order valence-electron chi connectivity index (χ2n) is 5.12. The van der Waals surface area contributed by atoms with Crippen molar-refractivity contribution in [2.24, 2.45) is 5.73 Å². The van der Waals surface area contributed by atoms with E-state index in [2.05, 4.69) is 6.07 Å². The third-order valence-electron chi connectivity index (χ3n) is 3.97. The van der Waals surface area contributed by atoms with Gasteiger partial charge in [0.25, 0.3) is 0 Å². The minimum Gasteiger partial charge on any atom is -0.487 e. The topological polar surface area (TPSA) is 55.5 Å². The van der Waals surface area contributed by atoms with Gasteiger partial charge in [0.2, 0.25) is 0 Å². The van der Waals surface area contributed by atoms with Gasteiger partial charge in [-0.05, 0) is 49.3 Å². The fraction of sp³-hybridized carbons (Fsp3) is 0.571. The second-order valence-corrected chi connectivity index (χ2v) is 5.12. The minimum absolute atomic E-state index is 0.0293. The number of hydrogen-bond donors (Lipinski definition) is 2. The zero-order valence-corrected chi connectivity index (χ0v) is 9.93. The van der Waals surface area contributed by atoms with Gasteiger partial charge in [0.15, 0.2) is 0 Å². The summed E-state index contributed by atoms with van der Waals surface area (Å²) < 4.78 is 5.97. The Labute approximate surface area is 102 Å². The molecule has 1 saturated carbocycles. The SMILES string of the molecule is NC1CCc2c(OC3CCCC3O)cccc21. The molecular formula is C14H19NO2. The zero-order valence-electron chi connectivity index (χ0n) is 9.93. The van der Waals surface area contributed by atoms with Gasteiger partial charge in [-0.1, -0.05) is 12.1 Å². The first-order chi connectivity index (χ1) is 8.25. The van der Waals surface area contributed by atoms with Crippen LogP contribution in [0.15, 0.2) is 18.2 Å². The predicted octanol–water partition coefficient (Wildman–Crippen LogP) is 1.92. The molecule has 3 atom stereocenters. The Morgan fingerprint density at radius 1 is 1.24 bits per heavy atom. The molecule has 3 N–H and O–H groups in total. The van der Waals surface area contributed by atoms with Gasteiger partial charge in [-0.25, -0.2) is 0 Å². The highest BCUT2D eigenvalue weighted by atomic mass is 16.5. The van der Waals surface area contributed by atoms with Crippen molar-refractivity contribution in [3.8, 4) is 5.75 Å². The lowest BCUT2D eigenvalue weighted by Gasteiger charge is -2.19. The van der Waals surface area contributed by atoms with Crippen LogP contribution in [-0.2, 0) is 6.42 Å². The molecule has 2 aliphatic carbocycles. The van der Waals surface area contributed by atoms with E-state index >= 15 is 0 Å². The van der Waals surface area contributed by atoms with Gasteiger partial charge in [-0.15, -0.1) is 0 Å². The van der Waals surface area contributed by atoms with Crippen LogP contribution >= 0.6 is 0 Å². The van der Waals surface area contributed by atoms with Crippen LogP contribution in [0.5, 0.6) is 5.75 Å². The van der Waals surface area contributed by atoms with Crippen molar-refractivity contribution in [1.29, 1.82) is 0 Å². The first kappa shape index (κ1) is 11.1. The summed E-state index contributed by atoms with van der Waals surface area (Å²) in [4.78, 5) is 0. The van der Waals surface area contributed by atoms with Crippen molar-refractivity contribution in [3.63, 3.8) is 0 Å². The third kappa shape index (κ3) is 1.94. The van der Waals surface area contributed by atoms with Crippen molar-refractivity contribution in [2.75, 3.05) is 0 Å². The van der Waals surface area contributed by atoms with Crippen LogP contribution in [0.3, 0.4) is 0 Å². The Bertz CT molecular complexity index is 419. The molecule has 0 radical (unpaired) electrons. The van der Waals surface area contributed by atoms with E-state index in [4.69, 9.17) is 10.5 Å². The normalized spacial score (nSPS) is 31.5. The number of benzene rings is 1. The lowest BCUT2D eigenvalue weighted by Crippen LogP contribution is -2.26. The summed E-state index contributed by atoms with van der Waals surface area (Å²) in [6.45, 7) is 0. The van der Waals surface area contributed by atoms with Crippen molar-refractivity contribution < 1.29 is 9.84 Å². The summed E-state index contributed by atoms with van der Waals surface area (Å²) >= 11 is 0. The van der Waals surface area contributed by atoms with E-state index in [1.54, 1.807) is 0 Å². The Hall–Kier alpha value is -1.06. The first-order valence-electron chi connectivity index (χ1n) is 6.48. The number of nitrogens with two attached hydrogens (primary N) is 1. The highest BCUT2D eigenvalue weighted by Crippen LogP contribution is 2.37. The Kier molecular flexibility index (Phi) is 2.81. The largest absolute Gasteiger partial charge is 0.487 e. The molecule has 0 saturated heterocycles. The lowest BCUT2D eigenvalue weighted by atomic mass is 10.1. The maximum Gasteiger partial charge on any atom is 0.124 e. The molecule has 1 aromatic carbocycles. The summed E-state index contributed by atoms with van der Waals surface area (Å²) in [6.07, 6.45) is 4.54. The molecule has 3 unspecified atom stereocenters. The number of rotatable bonds is 2. The van der Waals surface area contributed by atoms with E-state index in [1.807, 2.05) is 12.1 Å². The van der Waals surface area contributed by atoms with Crippen LogP contribution < -0.4 is 10.5 Å². The van der Waals surface area contributed by atoms with Crippen LogP contribution in [0.2, 0.25) is 0 Å². The molecule has 0 amide bonds. The summed E-state index contributed by atoms with van der Waals surface area (Å²) in [5.74, 6) is 0.932. The fourth-order valence-electron chi connectivity index (χ4n) is 2.97. The maximum atomic E-state index is 9.80. The Morgan fingerprint density at radius 3 is 2.88 bits per heavy atom. The minimum atomic E-state index is -0.305. The van der Waals surface area contributed by atoms with E-state index in [0.717, 1.165) is 37.9 Å². The molecule has 0 aliphatic heterocycles. The van der Waals surface area contributed by atoms with Crippen molar-refractivity contribution in [1.82, 2.24) is 0 Å². The molecule has 1 aromatic rings. The molecule has 3 heteroatoms. The van der Waals surface area contributed by atoms with Gasteiger partial charge >= 0.3 is 0 Å². The monoisotopic (exact) mass is 233 g/mol. The predicted molar refractivity (Wildman–Crippen MR) is 66.0 cm³/mol. The van der Waals surface area contributed by atoms with Gasteiger partial charge in [-0.2, -0.15) is 0 Å². The van der Waals surface area contributed by atoms with Gasteiger partial charge in [-0.3, -0.25) is 0 Å². The Morgan fingerprint density at radius 2 is 2.12 bits per heavy atom. The number of aliphatic hydroxyl groups is 1. The van der Waals surface area contributed by atoms with Crippen molar-refractivity contribution in [2.45, 2.75) is 50.4 Å². The first-order valence-corrected chi connectivity index (χ1v) is 6.48. The smallest absolute Gasteiger partial charge is 0.124 e.